The number of fused-ring (bicyclic) bond motifs is 1. The van der Waals surface area contributed by atoms with Crippen LogP contribution >= 0.6 is 11.6 Å². The minimum atomic E-state index is 0.352. The highest BCUT2D eigenvalue weighted by Crippen LogP contribution is 2.33. The molecule has 0 atom stereocenters. The van der Waals surface area contributed by atoms with Crippen LogP contribution in [0.15, 0.2) is 22.6 Å². The maximum absolute atomic E-state index is 5.93. The highest BCUT2D eigenvalue weighted by Gasteiger charge is 2.24. The van der Waals surface area contributed by atoms with Gasteiger partial charge in [-0.15, -0.1) is 0 Å². The molecule has 0 radical (unpaired) electrons. The molecule has 0 bridgehead atoms. The van der Waals surface area contributed by atoms with Gasteiger partial charge < -0.3 is 10.2 Å². The topological polar surface area (TPSA) is 52.0 Å². The molecule has 1 aliphatic carbocycles. The average Bonchev–Trinajstić information content (AvgIpc) is 2.72. The van der Waals surface area contributed by atoms with E-state index in [-0.39, 0.29) is 0 Å². The van der Waals surface area contributed by atoms with Crippen LogP contribution < -0.4 is 5.73 Å². The van der Waals surface area contributed by atoms with Crippen LogP contribution in [0.25, 0.3) is 11.1 Å². The Morgan fingerprint density at radius 1 is 1.24 bits per heavy atom. The number of nitrogens with two attached hydrogens (primary N) is 1. The Labute approximate surface area is 105 Å². The molecular weight excluding hydrogens is 236 g/mol. The summed E-state index contributed by atoms with van der Waals surface area (Å²) in [5, 5.41) is 0.686. The standard InChI is InChI=1S/C13H15ClN2O/c14-9-3-6-11-12(7-9)17-13(16-11)8-1-4-10(15)5-2-8/h3,6-8,10H,1-2,4-5,15H2. The number of benzene rings is 1. The monoisotopic (exact) mass is 250 g/mol. The molecule has 3 rings (SSSR count). The third-order valence-corrected chi connectivity index (χ3v) is 3.72. The molecule has 1 heterocycles. The second-order valence-corrected chi connectivity index (χ2v) is 5.21. The second kappa shape index (κ2) is 4.31. The summed E-state index contributed by atoms with van der Waals surface area (Å²) in [6.45, 7) is 0. The summed E-state index contributed by atoms with van der Waals surface area (Å²) in [5.74, 6) is 1.26. The molecule has 1 aromatic carbocycles. The number of nitrogens with zero attached hydrogens (tertiary/aromatic N) is 1. The molecule has 1 aromatic heterocycles. The lowest BCUT2D eigenvalue weighted by atomic mass is 9.86. The number of hydrogen-bond donors (Lipinski definition) is 1. The average molecular weight is 251 g/mol. The Morgan fingerprint density at radius 3 is 2.76 bits per heavy atom. The second-order valence-electron chi connectivity index (χ2n) is 4.78. The molecule has 2 N–H and O–H groups in total. The van der Waals surface area contributed by atoms with Crippen molar-refractivity contribution < 1.29 is 4.42 Å². The molecule has 1 fully saturated rings. The SMILES string of the molecule is NC1CCC(c2nc3ccc(Cl)cc3o2)CC1. The van der Waals surface area contributed by atoms with E-state index in [1.165, 1.54) is 0 Å². The van der Waals surface area contributed by atoms with Crippen molar-refractivity contribution in [2.24, 2.45) is 5.73 Å². The number of rotatable bonds is 1. The van der Waals surface area contributed by atoms with Crippen molar-refractivity contribution in [3.05, 3.63) is 29.1 Å². The Hall–Kier alpha value is -1.06. The zero-order valence-electron chi connectivity index (χ0n) is 9.53. The predicted octanol–water partition coefficient (Wildman–Crippen LogP) is 3.47. The predicted molar refractivity (Wildman–Crippen MR) is 68.2 cm³/mol. The first-order chi connectivity index (χ1) is 8.22. The summed E-state index contributed by atoms with van der Waals surface area (Å²) >= 11 is 5.93. The smallest absolute Gasteiger partial charge is 0.198 e. The molecule has 0 unspecified atom stereocenters. The van der Waals surface area contributed by atoms with Gasteiger partial charge in [0.05, 0.1) is 0 Å². The molecule has 1 saturated carbocycles. The van der Waals surface area contributed by atoms with Crippen molar-refractivity contribution in [1.29, 1.82) is 0 Å². The van der Waals surface area contributed by atoms with E-state index >= 15 is 0 Å². The summed E-state index contributed by atoms with van der Waals surface area (Å²) in [5.41, 5.74) is 7.57. The Morgan fingerprint density at radius 2 is 2.00 bits per heavy atom. The molecule has 0 spiro atoms. The van der Waals surface area contributed by atoms with Crippen LogP contribution in [-0.2, 0) is 0 Å². The lowest BCUT2D eigenvalue weighted by molar-refractivity contribution is 0.346. The minimum Gasteiger partial charge on any atom is -0.440 e. The van der Waals surface area contributed by atoms with E-state index in [0.29, 0.717) is 17.0 Å². The lowest BCUT2D eigenvalue weighted by Crippen LogP contribution is -2.25. The normalized spacial score (nSPS) is 25.3. The van der Waals surface area contributed by atoms with Crippen LogP contribution in [0, 0.1) is 0 Å². The molecule has 0 saturated heterocycles. The van der Waals surface area contributed by atoms with E-state index in [4.69, 9.17) is 21.8 Å². The maximum atomic E-state index is 5.93. The van der Waals surface area contributed by atoms with Gasteiger partial charge in [0.1, 0.15) is 5.52 Å². The largest absolute Gasteiger partial charge is 0.440 e. The van der Waals surface area contributed by atoms with Crippen molar-refractivity contribution >= 4 is 22.7 Å². The first-order valence-corrected chi connectivity index (χ1v) is 6.42. The van der Waals surface area contributed by atoms with Crippen LogP contribution in [0.5, 0.6) is 0 Å². The van der Waals surface area contributed by atoms with Gasteiger partial charge in [0, 0.05) is 23.0 Å². The highest BCUT2D eigenvalue weighted by molar-refractivity contribution is 6.31. The summed E-state index contributed by atoms with van der Waals surface area (Å²) in [7, 11) is 0. The summed E-state index contributed by atoms with van der Waals surface area (Å²) in [6.07, 6.45) is 4.26. The van der Waals surface area contributed by atoms with Crippen LogP contribution in [0.1, 0.15) is 37.5 Å². The fraction of sp³-hybridized carbons (Fsp3) is 0.462. The fourth-order valence-corrected chi connectivity index (χ4v) is 2.62. The van der Waals surface area contributed by atoms with Crippen molar-refractivity contribution in [1.82, 2.24) is 4.98 Å². The number of aromatic nitrogens is 1. The first kappa shape index (κ1) is 11.1. The number of oxazole rings is 1. The molecule has 0 aliphatic heterocycles. The van der Waals surface area contributed by atoms with Gasteiger partial charge in [-0.3, -0.25) is 0 Å². The molecular formula is C13H15ClN2O. The molecule has 0 amide bonds. The Balaban J connectivity index is 1.90. The van der Waals surface area contributed by atoms with E-state index in [1.807, 2.05) is 18.2 Å². The van der Waals surface area contributed by atoms with Gasteiger partial charge in [-0.2, -0.15) is 0 Å². The van der Waals surface area contributed by atoms with Gasteiger partial charge in [0.2, 0.25) is 0 Å². The number of hydrogen-bond acceptors (Lipinski definition) is 3. The van der Waals surface area contributed by atoms with E-state index in [1.54, 1.807) is 0 Å². The van der Waals surface area contributed by atoms with E-state index < -0.39 is 0 Å². The first-order valence-electron chi connectivity index (χ1n) is 6.04. The van der Waals surface area contributed by atoms with Gasteiger partial charge in [0.25, 0.3) is 0 Å². The Bertz CT molecular complexity index is 529. The molecule has 90 valence electrons. The van der Waals surface area contributed by atoms with E-state index in [0.717, 1.165) is 42.7 Å². The molecule has 2 aromatic rings. The van der Waals surface area contributed by atoms with E-state index in [2.05, 4.69) is 4.98 Å². The van der Waals surface area contributed by atoms with Crippen molar-refractivity contribution in [2.45, 2.75) is 37.6 Å². The highest BCUT2D eigenvalue weighted by atomic mass is 35.5. The summed E-state index contributed by atoms with van der Waals surface area (Å²) < 4.78 is 5.79. The van der Waals surface area contributed by atoms with Crippen molar-refractivity contribution in [2.75, 3.05) is 0 Å². The quantitative estimate of drug-likeness (QED) is 0.843. The molecule has 3 nitrogen and oxygen atoms in total. The van der Waals surface area contributed by atoms with Crippen LogP contribution in [0.3, 0.4) is 0 Å². The fourth-order valence-electron chi connectivity index (χ4n) is 2.46. The van der Waals surface area contributed by atoms with Crippen molar-refractivity contribution in [3.8, 4) is 0 Å². The van der Waals surface area contributed by atoms with E-state index in [9.17, 15) is 0 Å². The third-order valence-electron chi connectivity index (χ3n) is 3.49. The lowest BCUT2D eigenvalue weighted by Gasteiger charge is -2.23. The van der Waals surface area contributed by atoms with Crippen LogP contribution in [-0.4, -0.2) is 11.0 Å². The van der Waals surface area contributed by atoms with Crippen LogP contribution in [0.4, 0.5) is 0 Å². The van der Waals surface area contributed by atoms with Crippen molar-refractivity contribution in [3.63, 3.8) is 0 Å². The van der Waals surface area contributed by atoms with Crippen LogP contribution in [0.2, 0.25) is 5.02 Å². The van der Waals surface area contributed by atoms with Gasteiger partial charge in [-0.25, -0.2) is 4.98 Å². The zero-order valence-corrected chi connectivity index (χ0v) is 10.3. The minimum absolute atomic E-state index is 0.352. The van der Waals surface area contributed by atoms with Gasteiger partial charge in [0.15, 0.2) is 11.5 Å². The van der Waals surface area contributed by atoms with Gasteiger partial charge in [-0.05, 0) is 37.8 Å². The van der Waals surface area contributed by atoms with Gasteiger partial charge >= 0.3 is 0 Å². The summed E-state index contributed by atoms with van der Waals surface area (Å²) in [4.78, 5) is 4.54. The maximum Gasteiger partial charge on any atom is 0.198 e. The third kappa shape index (κ3) is 2.17. The molecule has 4 heteroatoms. The zero-order chi connectivity index (χ0) is 11.8. The summed E-state index contributed by atoms with van der Waals surface area (Å²) in [6, 6.07) is 5.92. The molecule has 1 aliphatic rings. The Kier molecular flexibility index (Phi) is 2.81. The molecule has 17 heavy (non-hydrogen) atoms. The van der Waals surface area contributed by atoms with Gasteiger partial charge in [-0.1, -0.05) is 11.6 Å². The number of halogens is 1.